The van der Waals surface area contributed by atoms with E-state index < -0.39 is 8.80 Å². The summed E-state index contributed by atoms with van der Waals surface area (Å²) < 4.78 is 24.3. The topological polar surface area (TPSA) is 90.9 Å². The minimum Gasteiger partial charge on any atom is -0.463 e. The van der Waals surface area contributed by atoms with Gasteiger partial charge in [-0.25, -0.2) is 0 Å². The monoisotopic (exact) mass is 668 g/mol. The number of anilines is 2. The molecule has 0 aromatic carbocycles. The molecule has 0 aliphatic carbocycles. The molecule has 0 fully saturated rings. The lowest BCUT2D eigenvalue weighted by atomic mass is 10.1. The van der Waals surface area contributed by atoms with E-state index in [4.69, 9.17) is 33.0 Å². The molecule has 0 atom stereocenters. The summed E-state index contributed by atoms with van der Waals surface area (Å²) in [5.74, 6) is 1.31. The van der Waals surface area contributed by atoms with Crippen LogP contribution >= 0.6 is 0 Å². The van der Waals surface area contributed by atoms with E-state index in [-0.39, 0.29) is 0 Å². The fraction of sp³-hybridized carbons (Fsp3) is 0.917. The molecular formula is C36H73N5O4Si. The first-order chi connectivity index (χ1) is 22.6. The Morgan fingerprint density at radius 1 is 0.543 bits per heavy atom. The Bertz CT molecular complexity index is 790. The molecule has 10 heteroatoms. The molecule has 1 aromatic heterocycles. The quantitative estimate of drug-likeness (QED) is 0.0569. The zero-order chi connectivity index (χ0) is 33.6. The van der Waals surface area contributed by atoms with Gasteiger partial charge in [0.05, 0.1) is 6.61 Å². The minimum absolute atomic E-state index is 0.429. The van der Waals surface area contributed by atoms with Crippen molar-refractivity contribution < 1.29 is 18.0 Å². The molecule has 0 unspecified atom stereocenters. The Morgan fingerprint density at radius 3 is 1.52 bits per heavy atom. The van der Waals surface area contributed by atoms with Crippen molar-refractivity contribution in [2.45, 2.75) is 170 Å². The molecule has 0 radical (unpaired) electrons. The molecule has 1 rings (SSSR count). The van der Waals surface area contributed by atoms with Crippen molar-refractivity contribution in [1.29, 1.82) is 0 Å². The highest BCUT2D eigenvalue weighted by Crippen LogP contribution is 2.21. The summed E-state index contributed by atoms with van der Waals surface area (Å²) in [6.45, 7) is 17.8. The average Bonchev–Trinajstić information content (AvgIpc) is 3.05. The first-order valence-corrected chi connectivity index (χ1v) is 21.3. The Morgan fingerprint density at radius 2 is 1.02 bits per heavy atom. The first-order valence-electron chi connectivity index (χ1n) is 19.4. The number of hydrogen-bond acceptors (Lipinski definition) is 9. The van der Waals surface area contributed by atoms with Gasteiger partial charge in [0, 0.05) is 45.5 Å². The number of ether oxygens (including phenoxy) is 1. The smallest absolute Gasteiger partial charge is 0.463 e. The zero-order valence-corrected chi connectivity index (χ0v) is 32.0. The van der Waals surface area contributed by atoms with E-state index >= 15 is 0 Å². The van der Waals surface area contributed by atoms with Crippen LogP contribution in [0.15, 0.2) is 0 Å². The second-order valence-electron chi connectivity index (χ2n) is 12.4. The number of nitrogens with one attached hydrogen (secondary N) is 1. The van der Waals surface area contributed by atoms with Gasteiger partial charge in [-0.1, -0.05) is 117 Å². The third-order valence-electron chi connectivity index (χ3n) is 8.21. The standard InChI is InChI=1S/C36H73N5O4Si/c1-7-13-16-19-22-25-30-41(31-26-23-20-17-14-8-2)35-38-34(39-36(40-35)42-32-27-24-21-18-15-9-3)37-29-28-33-46(43-10-4,44-11-5)45-12-6/h7-33H2,1-6H3,(H,37,38,39,40). The van der Waals surface area contributed by atoms with Gasteiger partial charge in [-0.2, -0.15) is 15.0 Å². The fourth-order valence-electron chi connectivity index (χ4n) is 5.66. The highest BCUT2D eigenvalue weighted by molar-refractivity contribution is 6.60. The summed E-state index contributed by atoms with van der Waals surface area (Å²) in [5, 5.41) is 3.47. The van der Waals surface area contributed by atoms with Crippen LogP contribution in [-0.2, 0) is 13.3 Å². The molecule has 46 heavy (non-hydrogen) atoms. The Kier molecular flexibility index (Phi) is 27.4. The van der Waals surface area contributed by atoms with Crippen LogP contribution in [0.2, 0.25) is 6.04 Å². The number of aromatic nitrogens is 3. The van der Waals surface area contributed by atoms with E-state index in [1.807, 2.05) is 20.8 Å². The van der Waals surface area contributed by atoms with E-state index in [2.05, 4.69) is 31.0 Å². The normalized spacial score (nSPS) is 11.7. The molecule has 0 amide bonds. The molecule has 270 valence electrons. The van der Waals surface area contributed by atoms with Crippen molar-refractivity contribution in [2.75, 3.05) is 56.3 Å². The zero-order valence-electron chi connectivity index (χ0n) is 31.0. The number of unbranched alkanes of at least 4 members (excludes halogenated alkanes) is 15. The second kappa shape index (κ2) is 29.6. The fourth-order valence-corrected chi connectivity index (χ4v) is 8.27. The summed E-state index contributed by atoms with van der Waals surface area (Å²) in [6, 6.07) is 1.18. The van der Waals surface area contributed by atoms with Crippen LogP contribution in [0, 0.1) is 0 Å². The lowest BCUT2D eigenvalue weighted by molar-refractivity contribution is 0.0710. The molecule has 0 aliphatic heterocycles. The van der Waals surface area contributed by atoms with Crippen LogP contribution < -0.4 is 15.0 Å². The van der Waals surface area contributed by atoms with Crippen LogP contribution in [0.3, 0.4) is 0 Å². The third kappa shape index (κ3) is 20.7. The van der Waals surface area contributed by atoms with E-state index in [0.717, 1.165) is 50.8 Å². The molecular weight excluding hydrogens is 595 g/mol. The Balaban J connectivity index is 3.01. The maximum absolute atomic E-state index is 6.16. The summed E-state index contributed by atoms with van der Waals surface area (Å²) in [7, 11) is -2.69. The van der Waals surface area contributed by atoms with Crippen molar-refractivity contribution in [3.63, 3.8) is 0 Å². The van der Waals surface area contributed by atoms with Gasteiger partial charge in [0.1, 0.15) is 0 Å². The average molecular weight is 668 g/mol. The highest BCUT2D eigenvalue weighted by Gasteiger charge is 2.39. The third-order valence-corrected chi connectivity index (χ3v) is 11.4. The van der Waals surface area contributed by atoms with Crippen molar-refractivity contribution in [1.82, 2.24) is 15.0 Å². The molecule has 0 spiro atoms. The van der Waals surface area contributed by atoms with E-state index in [9.17, 15) is 0 Å². The molecule has 0 saturated carbocycles. The van der Waals surface area contributed by atoms with E-state index in [0.29, 0.717) is 44.9 Å². The van der Waals surface area contributed by atoms with Gasteiger partial charge in [-0.15, -0.1) is 0 Å². The van der Waals surface area contributed by atoms with Crippen LogP contribution in [0.25, 0.3) is 0 Å². The largest absolute Gasteiger partial charge is 0.500 e. The van der Waals surface area contributed by atoms with Gasteiger partial charge in [0.2, 0.25) is 11.9 Å². The van der Waals surface area contributed by atoms with Gasteiger partial charge in [-0.05, 0) is 46.5 Å². The van der Waals surface area contributed by atoms with Crippen LogP contribution in [-0.4, -0.2) is 69.8 Å². The van der Waals surface area contributed by atoms with E-state index in [1.54, 1.807) is 0 Å². The van der Waals surface area contributed by atoms with Gasteiger partial charge < -0.3 is 28.2 Å². The van der Waals surface area contributed by atoms with Crippen LogP contribution in [0.1, 0.15) is 164 Å². The predicted octanol–water partition coefficient (Wildman–Crippen LogP) is 9.99. The molecule has 1 aromatic rings. The summed E-state index contributed by atoms with van der Waals surface area (Å²) in [5.41, 5.74) is 0. The lowest BCUT2D eigenvalue weighted by Crippen LogP contribution is -2.46. The van der Waals surface area contributed by atoms with Crippen molar-refractivity contribution in [3.8, 4) is 6.01 Å². The van der Waals surface area contributed by atoms with Crippen LogP contribution in [0.4, 0.5) is 11.9 Å². The Hall–Kier alpha value is -1.49. The van der Waals surface area contributed by atoms with Gasteiger partial charge in [0.15, 0.2) is 0 Å². The second-order valence-corrected chi connectivity index (χ2v) is 15.1. The SMILES string of the molecule is CCCCCCCCOc1nc(NCCC[Si](OCC)(OCC)OCC)nc(N(CCCCCCCC)CCCCCCCC)n1. The maximum atomic E-state index is 6.16. The molecule has 0 bridgehead atoms. The van der Waals surface area contributed by atoms with Gasteiger partial charge in [0.25, 0.3) is 0 Å². The maximum Gasteiger partial charge on any atom is 0.500 e. The van der Waals surface area contributed by atoms with Crippen LogP contribution in [0.5, 0.6) is 6.01 Å². The minimum atomic E-state index is -2.69. The molecule has 0 saturated heterocycles. The summed E-state index contributed by atoms with van der Waals surface area (Å²) in [4.78, 5) is 16.9. The molecule has 1 heterocycles. The lowest BCUT2D eigenvalue weighted by Gasteiger charge is -2.28. The predicted molar refractivity (Wildman–Crippen MR) is 196 cm³/mol. The summed E-state index contributed by atoms with van der Waals surface area (Å²) >= 11 is 0. The van der Waals surface area contributed by atoms with Gasteiger partial charge >= 0.3 is 14.8 Å². The van der Waals surface area contributed by atoms with Crippen molar-refractivity contribution in [3.05, 3.63) is 0 Å². The highest BCUT2D eigenvalue weighted by atomic mass is 28.4. The van der Waals surface area contributed by atoms with Crippen molar-refractivity contribution >= 4 is 20.7 Å². The number of hydrogen-bond donors (Lipinski definition) is 1. The molecule has 1 N–H and O–H groups in total. The van der Waals surface area contributed by atoms with Crippen molar-refractivity contribution in [2.24, 2.45) is 0 Å². The summed E-state index contributed by atoms with van der Waals surface area (Å²) in [6.07, 6.45) is 23.4. The van der Waals surface area contributed by atoms with E-state index in [1.165, 1.54) is 96.3 Å². The molecule has 0 aliphatic rings. The Labute approximate surface area is 285 Å². The number of nitrogens with zero attached hydrogens (tertiary/aromatic N) is 4. The molecule has 9 nitrogen and oxygen atoms in total. The van der Waals surface area contributed by atoms with Gasteiger partial charge in [-0.3, -0.25) is 0 Å². The number of rotatable bonds is 34. The first kappa shape index (κ1) is 42.5.